The van der Waals surface area contributed by atoms with Gasteiger partial charge >= 0.3 is 0 Å². The molecule has 2 N–H and O–H groups in total. The Morgan fingerprint density at radius 2 is 2.10 bits per heavy atom. The summed E-state index contributed by atoms with van der Waals surface area (Å²) in [5.74, 6) is 0. The number of nitrogens with two attached hydrogens (primary N) is 1. The largest absolute Gasteiger partial charge is 0.398 e. The summed E-state index contributed by atoms with van der Waals surface area (Å²) >= 11 is 0. The first-order valence-electron chi connectivity index (χ1n) is 6.72. The van der Waals surface area contributed by atoms with Gasteiger partial charge in [0.15, 0.2) is 0 Å². The zero-order valence-corrected chi connectivity index (χ0v) is 12.3. The van der Waals surface area contributed by atoms with E-state index in [0.717, 1.165) is 36.5 Å². The summed E-state index contributed by atoms with van der Waals surface area (Å²) in [5.41, 5.74) is 8.79. The smallest absolute Gasteiger partial charge is 0.0951 e. The lowest BCUT2D eigenvalue weighted by atomic mass is 9.89. The van der Waals surface area contributed by atoms with E-state index in [0.29, 0.717) is 0 Å². The Labute approximate surface area is 119 Å². The van der Waals surface area contributed by atoms with Crippen LogP contribution in [-0.2, 0) is 11.3 Å². The SMILES string of the molecule is COCCC(C)(C)Cn1cncc1-c1cnccc1N. The van der Waals surface area contributed by atoms with Crippen molar-refractivity contribution in [1.29, 1.82) is 0 Å². The molecule has 0 aliphatic rings. The quantitative estimate of drug-likeness (QED) is 0.879. The molecule has 0 aliphatic carbocycles. The number of ether oxygens (including phenoxy) is 1. The van der Waals surface area contributed by atoms with Crippen molar-refractivity contribution >= 4 is 5.69 Å². The predicted octanol–water partition coefficient (Wildman–Crippen LogP) is 2.59. The van der Waals surface area contributed by atoms with E-state index in [2.05, 4.69) is 28.4 Å². The van der Waals surface area contributed by atoms with Gasteiger partial charge in [0.05, 0.1) is 18.2 Å². The minimum atomic E-state index is 0.127. The molecule has 0 aromatic carbocycles. The van der Waals surface area contributed by atoms with Crippen LogP contribution in [0.1, 0.15) is 20.3 Å². The molecule has 0 aliphatic heterocycles. The van der Waals surface area contributed by atoms with Crippen LogP contribution < -0.4 is 5.73 Å². The van der Waals surface area contributed by atoms with Gasteiger partial charge in [-0.25, -0.2) is 4.98 Å². The molecule has 0 unspecified atom stereocenters. The number of nitrogens with zero attached hydrogens (tertiary/aromatic N) is 3. The summed E-state index contributed by atoms with van der Waals surface area (Å²) in [4.78, 5) is 8.40. The second-order valence-electron chi connectivity index (χ2n) is 5.78. The maximum Gasteiger partial charge on any atom is 0.0951 e. The van der Waals surface area contributed by atoms with Gasteiger partial charge in [0.1, 0.15) is 0 Å². The van der Waals surface area contributed by atoms with Crippen LogP contribution in [0.5, 0.6) is 0 Å². The van der Waals surface area contributed by atoms with E-state index >= 15 is 0 Å². The van der Waals surface area contributed by atoms with Crippen molar-refractivity contribution in [3.8, 4) is 11.3 Å². The predicted molar refractivity (Wildman–Crippen MR) is 80.1 cm³/mol. The van der Waals surface area contributed by atoms with Crippen molar-refractivity contribution in [2.45, 2.75) is 26.8 Å². The second-order valence-corrected chi connectivity index (χ2v) is 5.78. The third-order valence-corrected chi connectivity index (χ3v) is 3.42. The summed E-state index contributed by atoms with van der Waals surface area (Å²) in [6, 6.07) is 1.81. The molecule has 0 spiro atoms. The van der Waals surface area contributed by atoms with Gasteiger partial charge in [-0.15, -0.1) is 0 Å². The maximum absolute atomic E-state index is 6.02. The monoisotopic (exact) mass is 274 g/mol. The lowest BCUT2D eigenvalue weighted by Crippen LogP contribution is -2.21. The van der Waals surface area contributed by atoms with Crippen molar-refractivity contribution in [3.63, 3.8) is 0 Å². The number of hydrogen-bond acceptors (Lipinski definition) is 4. The van der Waals surface area contributed by atoms with Crippen LogP contribution in [0, 0.1) is 5.41 Å². The molecule has 20 heavy (non-hydrogen) atoms. The van der Waals surface area contributed by atoms with E-state index in [1.54, 1.807) is 19.5 Å². The first-order valence-corrected chi connectivity index (χ1v) is 6.72. The number of rotatable bonds is 6. The lowest BCUT2D eigenvalue weighted by molar-refractivity contribution is 0.143. The molecular weight excluding hydrogens is 252 g/mol. The van der Waals surface area contributed by atoms with E-state index in [4.69, 9.17) is 10.5 Å². The Morgan fingerprint density at radius 1 is 1.30 bits per heavy atom. The first-order chi connectivity index (χ1) is 9.53. The number of hydrogen-bond donors (Lipinski definition) is 1. The van der Waals surface area contributed by atoms with E-state index in [1.807, 2.05) is 18.6 Å². The molecular formula is C15H22N4O. The molecule has 0 atom stereocenters. The van der Waals surface area contributed by atoms with Crippen molar-refractivity contribution < 1.29 is 4.74 Å². The fourth-order valence-corrected chi connectivity index (χ4v) is 2.21. The van der Waals surface area contributed by atoms with E-state index in [-0.39, 0.29) is 5.41 Å². The average Bonchev–Trinajstić information content (AvgIpc) is 2.84. The fourth-order valence-electron chi connectivity index (χ4n) is 2.21. The molecule has 2 rings (SSSR count). The fraction of sp³-hybridized carbons (Fsp3) is 0.467. The van der Waals surface area contributed by atoms with Crippen LogP contribution in [-0.4, -0.2) is 28.3 Å². The molecule has 5 nitrogen and oxygen atoms in total. The summed E-state index contributed by atoms with van der Waals surface area (Å²) in [6.07, 6.45) is 8.15. The number of imidazole rings is 1. The molecule has 2 aromatic heterocycles. The van der Waals surface area contributed by atoms with Crippen molar-refractivity contribution in [2.24, 2.45) is 5.41 Å². The zero-order valence-electron chi connectivity index (χ0n) is 12.3. The number of anilines is 1. The molecule has 0 saturated heterocycles. The number of methoxy groups -OCH3 is 1. The molecule has 5 heteroatoms. The van der Waals surface area contributed by atoms with Gasteiger partial charge < -0.3 is 15.0 Å². The Kier molecular flexibility index (Phi) is 4.39. The van der Waals surface area contributed by atoms with Crippen LogP contribution in [0.2, 0.25) is 0 Å². The molecule has 0 amide bonds. The number of aromatic nitrogens is 3. The summed E-state index contributed by atoms with van der Waals surface area (Å²) in [6.45, 7) is 6.07. The third-order valence-electron chi connectivity index (χ3n) is 3.42. The second kappa shape index (κ2) is 6.05. The molecule has 2 aromatic rings. The Balaban J connectivity index is 2.23. The third kappa shape index (κ3) is 3.36. The summed E-state index contributed by atoms with van der Waals surface area (Å²) in [7, 11) is 1.73. The summed E-state index contributed by atoms with van der Waals surface area (Å²) < 4.78 is 7.30. The van der Waals surface area contributed by atoms with Gasteiger partial charge in [0, 0.05) is 43.9 Å². The molecule has 108 valence electrons. The highest BCUT2D eigenvalue weighted by Crippen LogP contribution is 2.29. The van der Waals surface area contributed by atoms with Crippen LogP contribution >= 0.6 is 0 Å². The van der Waals surface area contributed by atoms with Crippen molar-refractivity contribution in [1.82, 2.24) is 14.5 Å². The highest BCUT2D eigenvalue weighted by molar-refractivity contribution is 5.72. The van der Waals surface area contributed by atoms with Crippen LogP contribution in [0.15, 0.2) is 31.0 Å². The van der Waals surface area contributed by atoms with Gasteiger partial charge in [-0.05, 0) is 17.9 Å². The normalized spacial score (nSPS) is 11.8. The highest BCUT2D eigenvalue weighted by Gasteiger charge is 2.20. The average molecular weight is 274 g/mol. The van der Waals surface area contributed by atoms with E-state index < -0.39 is 0 Å². The minimum Gasteiger partial charge on any atom is -0.398 e. The molecule has 0 saturated carbocycles. The number of nitrogen functional groups attached to an aromatic ring is 1. The topological polar surface area (TPSA) is 66.0 Å². The highest BCUT2D eigenvalue weighted by atomic mass is 16.5. The Morgan fingerprint density at radius 3 is 2.80 bits per heavy atom. The lowest BCUT2D eigenvalue weighted by Gasteiger charge is -2.25. The summed E-state index contributed by atoms with van der Waals surface area (Å²) in [5, 5.41) is 0. The van der Waals surface area contributed by atoms with Gasteiger partial charge in [-0.2, -0.15) is 0 Å². The van der Waals surface area contributed by atoms with E-state index in [1.165, 1.54) is 0 Å². The zero-order chi connectivity index (χ0) is 14.6. The van der Waals surface area contributed by atoms with Crippen LogP contribution in [0.3, 0.4) is 0 Å². The van der Waals surface area contributed by atoms with Crippen molar-refractivity contribution in [2.75, 3.05) is 19.5 Å². The Hall–Kier alpha value is -1.88. The van der Waals surface area contributed by atoms with Gasteiger partial charge in [-0.1, -0.05) is 13.8 Å². The first kappa shape index (κ1) is 14.5. The standard InChI is InChI=1S/C15H22N4O/c1-15(2,5-7-20-3)10-19-11-18-9-14(19)12-8-17-6-4-13(12)16/h4,6,8-9,11H,5,7,10H2,1-3H3,(H2,16,17). The molecule has 2 heterocycles. The maximum atomic E-state index is 6.02. The Bertz CT molecular complexity index is 563. The van der Waals surface area contributed by atoms with Crippen molar-refractivity contribution in [3.05, 3.63) is 31.0 Å². The molecule has 0 radical (unpaired) electrons. The van der Waals surface area contributed by atoms with Gasteiger partial charge in [0.2, 0.25) is 0 Å². The van der Waals surface area contributed by atoms with Gasteiger partial charge in [-0.3, -0.25) is 4.98 Å². The number of pyridine rings is 1. The van der Waals surface area contributed by atoms with Crippen LogP contribution in [0.25, 0.3) is 11.3 Å². The van der Waals surface area contributed by atoms with Crippen LogP contribution in [0.4, 0.5) is 5.69 Å². The molecule has 0 bridgehead atoms. The van der Waals surface area contributed by atoms with E-state index in [9.17, 15) is 0 Å². The van der Waals surface area contributed by atoms with Gasteiger partial charge in [0.25, 0.3) is 0 Å². The molecule has 0 fully saturated rings. The minimum absolute atomic E-state index is 0.127.